The van der Waals surface area contributed by atoms with Crippen molar-refractivity contribution in [3.63, 3.8) is 0 Å². The second-order valence-corrected chi connectivity index (χ2v) is 16.2. The van der Waals surface area contributed by atoms with Crippen LogP contribution in [-0.2, 0) is 22.7 Å². The van der Waals surface area contributed by atoms with Gasteiger partial charge in [0.25, 0.3) is 0 Å². The van der Waals surface area contributed by atoms with Crippen molar-refractivity contribution in [1.82, 2.24) is 9.13 Å². The molecule has 8 nitrogen and oxygen atoms in total. The van der Waals surface area contributed by atoms with E-state index in [1.807, 2.05) is 36.4 Å². The first-order chi connectivity index (χ1) is 29.1. The standard InChI is InChI=1S/C30H38N4.2C11H20O2/c1-23-21-27(31)25-15-9-11-17-29(25)33(23)19-13-7-5-3-4-6-8-14-20-34-24(2)22-28(32)26-16-10-12-18-30(26)34;2*1-2-3-4-5-6-7-8-9-10-11(12)13/h9-12,15-18,21-22,31-32H,3-8,13-14,19-20H2,1-2H3;2*2H,1,3-10H2,(H,12,13). The molecule has 0 bridgehead atoms. The van der Waals surface area contributed by atoms with Crippen molar-refractivity contribution in [2.45, 2.75) is 181 Å². The van der Waals surface area contributed by atoms with Crippen molar-refractivity contribution >= 4 is 33.7 Å². The van der Waals surface area contributed by atoms with Gasteiger partial charge in [0.1, 0.15) is 0 Å². The predicted octanol–water partition coefficient (Wildman–Crippen LogP) is 13.7. The summed E-state index contributed by atoms with van der Waals surface area (Å²) < 4.78 is 4.76. The molecule has 4 N–H and O–H groups in total. The van der Waals surface area contributed by atoms with Crippen molar-refractivity contribution in [2.24, 2.45) is 0 Å². The lowest BCUT2D eigenvalue weighted by Crippen LogP contribution is -2.12. The van der Waals surface area contributed by atoms with E-state index < -0.39 is 11.9 Å². The fraction of sp³-hybridized carbons (Fsp3) is 0.538. The van der Waals surface area contributed by atoms with E-state index in [0.717, 1.165) is 62.4 Å². The van der Waals surface area contributed by atoms with Gasteiger partial charge in [-0.15, -0.1) is 13.2 Å². The third-order valence-corrected chi connectivity index (χ3v) is 11.1. The summed E-state index contributed by atoms with van der Waals surface area (Å²) >= 11 is 0. The Balaban J connectivity index is 0.000000393. The van der Waals surface area contributed by atoms with E-state index in [0.29, 0.717) is 23.6 Å². The first kappa shape index (κ1) is 51.4. The molecular weight excluding hydrogens is 745 g/mol. The Labute approximate surface area is 361 Å². The van der Waals surface area contributed by atoms with E-state index in [2.05, 4.69) is 72.5 Å². The Kier molecular flexibility index (Phi) is 27.5. The zero-order valence-corrected chi connectivity index (χ0v) is 37.3. The van der Waals surface area contributed by atoms with Gasteiger partial charge in [0.2, 0.25) is 0 Å². The first-order valence-corrected chi connectivity index (χ1v) is 23.0. The van der Waals surface area contributed by atoms with Crippen LogP contribution >= 0.6 is 0 Å². The molecule has 2 heterocycles. The minimum Gasteiger partial charge on any atom is -0.481 e. The highest BCUT2D eigenvalue weighted by Gasteiger charge is 2.06. The van der Waals surface area contributed by atoms with Crippen molar-refractivity contribution in [3.8, 4) is 0 Å². The summed E-state index contributed by atoms with van der Waals surface area (Å²) in [7, 11) is 0. The molecule has 0 unspecified atom stereocenters. The van der Waals surface area contributed by atoms with E-state index in [-0.39, 0.29) is 0 Å². The lowest BCUT2D eigenvalue weighted by Gasteiger charge is -2.15. The highest BCUT2D eigenvalue weighted by atomic mass is 16.4. The van der Waals surface area contributed by atoms with Gasteiger partial charge in [0, 0.05) is 48.1 Å². The number of fused-ring (bicyclic) bond motifs is 2. The van der Waals surface area contributed by atoms with Crippen LogP contribution in [0.2, 0.25) is 0 Å². The molecule has 4 rings (SSSR count). The molecule has 330 valence electrons. The molecular formula is C52H78N4O4. The van der Waals surface area contributed by atoms with E-state index in [1.54, 1.807) is 0 Å². The van der Waals surface area contributed by atoms with Crippen molar-refractivity contribution in [1.29, 1.82) is 10.8 Å². The number of hydrogen-bond acceptors (Lipinski definition) is 4. The first-order valence-electron chi connectivity index (χ1n) is 23.0. The summed E-state index contributed by atoms with van der Waals surface area (Å²) in [6.45, 7) is 13.6. The maximum absolute atomic E-state index is 10.2. The van der Waals surface area contributed by atoms with Crippen LogP contribution in [0.3, 0.4) is 0 Å². The number of pyridine rings is 2. The summed E-state index contributed by atoms with van der Waals surface area (Å²) in [6.07, 6.45) is 30.5. The molecule has 0 saturated carbocycles. The van der Waals surface area contributed by atoms with Gasteiger partial charge in [-0.3, -0.25) is 9.59 Å². The van der Waals surface area contributed by atoms with Crippen molar-refractivity contribution in [2.75, 3.05) is 0 Å². The second kappa shape index (κ2) is 32.1. The summed E-state index contributed by atoms with van der Waals surface area (Å²) in [5.74, 6) is -1.35. The Bertz CT molecular complexity index is 1820. The normalized spacial score (nSPS) is 10.8. The van der Waals surface area contributed by atoms with Crippen molar-refractivity contribution in [3.05, 3.63) is 108 Å². The van der Waals surface area contributed by atoms with Crippen LogP contribution in [-0.4, -0.2) is 31.3 Å². The molecule has 60 heavy (non-hydrogen) atoms. The number of carbonyl (C=O) groups is 2. The number of allylic oxidation sites excluding steroid dienone is 2. The van der Waals surface area contributed by atoms with E-state index in [1.165, 1.54) is 125 Å². The van der Waals surface area contributed by atoms with Gasteiger partial charge in [-0.25, -0.2) is 0 Å². The average Bonchev–Trinajstić information content (AvgIpc) is 3.23. The Hall–Kier alpha value is -4.72. The zero-order chi connectivity index (χ0) is 43.8. The minimum atomic E-state index is -0.674. The molecule has 8 heteroatoms. The van der Waals surface area contributed by atoms with Gasteiger partial charge < -0.3 is 30.2 Å². The molecule has 0 aliphatic carbocycles. The predicted molar refractivity (Wildman–Crippen MR) is 252 cm³/mol. The highest BCUT2D eigenvalue weighted by Crippen LogP contribution is 2.17. The number of aliphatic carboxylic acids is 2. The third kappa shape index (κ3) is 21.5. The van der Waals surface area contributed by atoms with Crippen LogP contribution in [0.15, 0.2) is 86.0 Å². The largest absolute Gasteiger partial charge is 0.481 e. The molecule has 4 aromatic rings. The molecule has 0 aliphatic rings. The average molecular weight is 823 g/mol. The topological polar surface area (TPSA) is 132 Å². The maximum Gasteiger partial charge on any atom is 0.303 e. The van der Waals surface area contributed by atoms with E-state index in [9.17, 15) is 9.59 Å². The Morgan fingerprint density at radius 3 is 1.13 bits per heavy atom. The van der Waals surface area contributed by atoms with E-state index in [4.69, 9.17) is 21.0 Å². The summed E-state index contributed by atoms with van der Waals surface area (Å²) in [5.41, 5.74) is 4.74. The highest BCUT2D eigenvalue weighted by molar-refractivity contribution is 5.79. The summed E-state index contributed by atoms with van der Waals surface area (Å²) in [5, 5.41) is 36.5. The minimum absolute atomic E-state index is 0.326. The van der Waals surface area contributed by atoms with Gasteiger partial charge in [0.15, 0.2) is 0 Å². The number of benzene rings is 2. The van der Waals surface area contributed by atoms with Gasteiger partial charge >= 0.3 is 11.9 Å². The Morgan fingerprint density at radius 1 is 0.500 bits per heavy atom. The molecule has 0 spiro atoms. The molecule has 0 saturated heterocycles. The van der Waals surface area contributed by atoms with Crippen LogP contribution in [0.4, 0.5) is 0 Å². The fourth-order valence-corrected chi connectivity index (χ4v) is 7.72. The number of carboxylic acids is 2. The van der Waals surface area contributed by atoms with Gasteiger partial charge in [-0.1, -0.05) is 138 Å². The van der Waals surface area contributed by atoms with Crippen LogP contribution in [0.5, 0.6) is 0 Å². The van der Waals surface area contributed by atoms with Crippen LogP contribution < -0.4 is 10.7 Å². The number of hydrogen-bond donors (Lipinski definition) is 4. The number of nitrogens with zero attached hydrogens (tertiary/aromatic N) is 2. The quantitative estimate of drug-likeness (QED) is 0.0321. The molecule has 0 radical (unpaired) electrons. The van der Waals surface area contributed by atoms with Crippen LogP contribution in [0.25, 0.3) is 21.8 Å². The molecule has 0 fully saturated rings. The maximum atomic E-state index is 10.2. The number of rotatable bonds is 29. The Morgan fingerprint density at radius 2 is 0.800 bits per heavy atom. The lowest BCUT2D eigenvalue weighted by molar-refractivity contribution is -0.138. The number of carboxylic acid groups (broad SMARTS) is 2. The smallest absolute Gasteiger partial charge is 0.303 e. The number of aryl methyl sites for hydroxylation is 4. The third-order valence-electron chi connectivity index (χ3n) is 11.1. The monoisotopic (exact) mass is 823 g/mol. The molecule has 2 aromatic carbocycles. The lowest BCUT2D eigenvalue weighted by atomic mass is 10.1. The van der Waals surface area contributed by atoms with Gasteiger partial charge in [0.05, 0.1) is 21.7 Å². The second-order valence-electron chi connectivity index (χ2n) is 16.2. The summed E-state index contributed by atoms with van der Waals surface area (Å²) in [4.78, 5) is 20.3. The van der Waals surface area contributed by atoms with E-state index >= 15 is 0 Å². The number of aromatic nitrogens is 2. The molecule has 0 amide bonds. The van der Waals surface area contributed by atoms with Gasteiger partial charge in [-0.2, -0.15) is 0 Å². The number of nitrogens with one attached hydrogen (secondary N) is 2. The molecule has 0 atom stereocenters. The zero-order valence-electron chi connectivity index (χ0n) is 37.3. The van der Waals surface area contributed by atoms with Gasteiger partial charge in [-0.05, 0) is 89.5 Å². The number of para-hydroxylation sites is 2. The van der Waals surface area contributed by atoms with Crippen molar-refractivity contribution < 1.29 is 19.8 Å². The van der Waals surface area contributed by atoms with Crippen LogP contribution in [0.1, 0.15) is 165 Å². The molecule has 0 aliphatic heterocycles. The number of unbranched alkanes of at least 4 members (excludes halogenated alkanes) is 19. The summed E-state index contributed by atoms with van der Waals surface area (Å²) in [6, 6.07) is 20.6. The van der Waals surface area contributed by atoms with Crippen LogP contribution in [0, 0.1) is 24.7 Å². The molecule has 2 aromatic heterocycles. The fourth-order valence-electron chi connectivity index (χ4n) is 7.72. The SMILES string of the molecule is C=CCCCCCCCCC(=O)O.C=CCCCCCCCCC(=O)O.Cc1cc(=N)c2ccccc2n1CCCCCCCCCCn1c(C)cc(=N)c2ccccc21.